The minimum atomic E-state index is -5.48. The maximum atomic E-state index is 12.5. The molecule has 0 spiro atoms. The van der Waals surface area contributed by atoms with Gasteiger partial charge in [-0.25, -0.2) is 8.78 Å². The van der Waals surface area contributed by atoms with E-state index >= 15 is 0 Å². The molecule has 114 valence electrons. The van der Waals surface area contributed by atoms with Crippen molar-refractivity contribution in [2.75, 3.05) is 7.11 Å². The van der Waals surface area contributed by atoms with Crippen molar-refractivity contribution in [2.24, 2.45) is 0 Å². The summed E-state index contributed by atoms with van der Waals surface area (Å²) >= 11 is 0. The Morgan fingerprint density at radius 3 is 1.95 bits per heavy atom. The van der Waals surface area contributed by atoms with Crippen LogP contribution >= 0.6 is 0 Å². The van der Waals surface area contributed by atoms with Gasteiger partial charge in [0.05, 0.1) is 7.11 Å². The van der Waals surface area contributed by atoms with E-state index in [2.05, 4.69) is 14.5 Å². The highest BCUT2D eigenvalue weighted by Crippen LogP contribution is 2.46. The standard InChI is InChI=1S/C9H5F8NO2/c1-19-5-3(8(12,13)14)2-18-4(7(10)11)6(5)20-9(15,16)17/h2,7H,1H3. The summed E-state index contributed by atoms with van der Waals surface area (Å²) in [5.41, 5.74) is -3.36. The zero-order chi connectivity index (χ0) is 15.7. The fraction of sp³-hybridized carbons (Fsp3) is 0.444. The van der Waals surface area contributed by atoms with Gasteiger partial charge < -0.3 is 9.47 Å². The van der Waals surface area contributed by atoms with Crippen LogP contribution in [-0.2, 0) is 6.18 Å². The third-order valence-electron chi connectivity index (χ3n) is 1.95. The van der Waals surface area contributed by atoms with Gasteiger partial charge in [0.1, 0.15) is 5.56 Å². The molecule has 3 nitrogen and oxygen atoms in total. The third-order valence-corrected chi connectivity index (χ3v) is 1.95. The summed E-state index contributed by atoms with van der Waals surface area (Å²) in [5, 5.41) is 0. The highest BCUT2D eigenvalue weighted by atomic mass is 19.4. The van der Waals surface area contributed by atoms with Crippen molar-refractivity contribution >= 4 is 0 Å². The molecule has 0 aliphatic carbocycles. The van der Waals surface area contributed by atoms with E-state index in [9.17, 15) is 35.1 Å². The number of halogens is 8. The van der Waals surface area contributed by atoms with Crippen molar-refractivity contribution in [2.45, 2.75) is 19.0 Å². The number of hydrogen-bond donors (Lipinski definition) is 0. The van der Waals surface area contributed by atoms with Crippen LogP contribution in [0.1, 0.15) is 17.7 Å². The lowest BCUT2D eigenvalue weighted by Crippen LogP contribution is -2.21. The molecule has 1 aromatic rings. The Kier molecular flexibility index (Phi) is 4.30. The Hall–Kier alpha value is -1.81. The lowest BCUT2D eigenvalue weighted by Gasteiger charge is -2.19. The van der Waals surface area contributed by atoms with E-state index in [-0.39, 0.29) is 6.20 Å². The molecule has 11 heteroatoms. The molecule has 1 rings (SSSR count). The first-order chi connectivity index (χ1) is 8.97. The summed E-state index contributed by atoms with van der Waals surface area (Å²) in [6.45, 7) is 0. The van der Waals surface area contributed by atoms with Crippen LogP contribution in [0.15, 0.2) is 6.20 Å². The number of ether oxygens (including phenoxy) is 2. The van der Waals surface area contributed by atoms with Gasteiger partial charge in [0.2, 0.25) is 0 Å². The maximum absolute atomic E-state index is 12.5. The number of aromatic nitrogens is 1. The first-order valence-corrected chi connectivity index (χ1v) is 4.65. The molecule has 0 amide bonds. The van der Waals surface area contributed by atoms with Crippen molar-refractivity contribution in [3.05, 3.63) is 17.5 Å². The van der Waals surface area contributed by atoms with Gasteiger partial charge >= 0.3 is 12.5 Å². The highest BCUT2D eigenvalue weighted by molar-refractivity contribution is 5.50. The molecule has 0 saturated carbocycles. The van der Waals surface area contributed by atoms with Crippen LogP contribution in [0.5, 0.6) is 11.5 Å². The lowest BCUT2D eigenvalue weighted by atomic mass is 10.2. The van der Waals surface area contributed by atoms with Gasteiger partial charge in [0, 0.05) is 6.20 Å². The summed E-state index contributed by atoms with van der Waals surface area (Å²) in [4.78, 5) is 2.66. The average Bonchev–Trinajstić information content (AvgIpc) is 2.24. The molecular formula is C9H5F8NO2. The van der Waals surface area contributed by atoms with Crippen LogP contribution in [-0.4, -0.2) is 18.5 Å². The quantitative estimate of drug-likeness (QED) is 0.792. The Morgan fingerprint density at radius 1 is 1.05 bits per heavy atom. The van der Waals surface area contributed by atoms with E-state index in [0.717, 1.165) is 0 Å². The molecule has 0 atom stereocenters. The largest absolute Gasteiger partial charge is 0.573 e. The topological polar surface area (TPSA) is 31.4 Å². The minimum absolute atomic E-state index is 0.0520. The minimum Gasteiger partial charge on any atom is -0.492 e. The molecule has 0 radical (unpaired) electrons. The Labute approximate surface area is 106 Å². The molecule has 0 aliphatic heterocycles. The van der Waals surface area contributed by atoms with E-state index in [1.165, 1.54) is 0 Å². The number of hydrogen-bond acceptors (Lipinski definition) is 3. The molecule has 0 fully saturated rings. The van der Waals surface area contributed by atoms with Crippen molar-refractivity contribution in [3.8, 4) is 11.5 Å². The molecule has 0 aromatic carbocycles. The molecule has 0 bridgehead atoms. The van der Waals surface area contributed by atoms with E-state index in [1.54, 1.807) is 0 Å². The van der Waals surface area contributed by atoms with Gasteiger partial charge in [-0.15, -0.1) is 13.2 Å². The second kappa shape index (κ2) is 5.29. The lowest BCUT2D eigenvalue weighted by molar-refractivity contribution is -0.276. The van der Waals surface area contributed by atoms with Gasteiger partial charge in [-0.3, -0.25) is 4.98 Å². The van der Waals surface area contributed by atoms with Crippen LogP contribution in [0.25, 0.3) is 0 Å². The van der Waals surface area contributed by atoms with Gasteiger partial charge in [-0.2, -0.15) is 13.2 Å². The highest BCUT2D eigenvalue weighted by Gasteiger charge is 2.42. The SMILES string of the molecule is COc1c(C(F)(F)F)cnc(C(F)F)c1OC(F)(F)F. The first-order valence-electron chi connectivity index (χ1n) is 4.65. The second-order valence-electron chi connectivity index (χ2n) is 3.27. The molecule has 0 N–H and O–H groups in total. The normalized spacial score (nSPS) is 12.7. The van der Waals surface area contributed by atoms with Crippen molar-refractivity contribution in [1.82, 2.24) is 4.98 Å². The fourth-order valence-corrected chi connectivity index (χ4v) is 1.26. The smallest absolute Gasteiger partial charge is 0.492 e. The Morgan fingerprint density at radius 2 is 1.60 bits per heavy atom. The number of methoxy groups -OCH3 is 1. The van der Waals surface area contributed by atoms with Crippen LogP contribution in [0, 0.1) is 0 Å². The van der Waals surface area contributed by atoms with Crippen LogP contribution in [0.4, 0.5) is 35.1 Å². The summed E-state index contributed by atoms with van der Waals surface area (Å²) in [7, 11) is 0.586. The zero-order valence-electron chi connectivity index (χ0n) is 9.44. The van der Waals surface area contributed by atoms with E-state index in [0.29, 0.717) is 7.11 Å². The maximum Gasteiger partial charge on any atom is 0.573 e. The molecule has 1 aromatic heterocycles. The number of alkyl halides is 8. The number of pyridine rings is 1. The van der Waals surface area contributed by atoms with Gasteiger partial charge in [-0.1, -0.05) is 0 Å². The monoisotopic (exact) mass is 311 g/mol. The molecular weight excluding hydrogens is 306 g/mol. The zero-order valence-corrected chi connectivity index (χ0v) is 9.44. The Balaban J connectivity index is 3.55. The molecule has 0 saturated heterocycles. The van der Waals surface area contributed by atoms with Crippen molar-refractivity contribution in [3.63, 3.8) is 0 Å². The summed E-state index contributed by atoms with van der Waals surface area (Å²) in [6.07, 6.45) is -14.3. The molecule has 20 heavy (non-hydrogen) atoms. The van der Waals surface area contributed by atoms with Crippen molar-refractivity contribution < 1.29 is 44.6 Å². The predicted octanol–water partition coefficient (Wildman–Crippen LogP) is 3.95. The van der Waals surface area contributed by atoms with E-state index < -0.39 is 41.7 Å². The third kappa shape index (κ3) is 3.61. The first kappa shape index (κ1) is 16.2. The Bertz CT molecular complexity index is 482. The summed E-state index contributed by atoms with van der Waals surface area (Å²) in [6, 6.07) is 0. The fourth-order valence-electron chi connectivity index (χ4n) is 1.26. The van der Waals surface area contributed by atoms with Gasteiger partial charge in [0.25, 0.3) is 6.43 Å². The molecule has 0 aliphatic rings. The summed E-state index contributed by atoms with van der Waals surface area (Å²) in [5.74, 6) is -3.33. The van der Waals surface area contributed by atoms with E-state index in [1.807, 2.05) is 0 Å². The summed E-state index contributed by atoms with van der Waals surface area (Å²) < 4.78 is 106. The number of nitrogens with zero attached hydrogens (tertiary/aromatic N) is 1. The van der Waals surface area contributed by atoms with Crippen LogP contribution < -0.4 is 9.47 Å². The van der Waals surface area contributed by atoms with Gasteiger partial charge in [-0.05, 0) is 0 Å². The second-order valence-corrected chi connectivity index (χ2v) is 3.27. The number of rotatable bonds is 3. The average molecular weight is 311 g/mol. The van der Waals surface area contributed by atoms with Gasteiger partial charge in [0.15, 0.2) is 17.2 Å². The molecule has 0 unspecified atom stereocenters. The van der Waals surface area contributed by atoms with Crippen molar-refractivity contribution in [1.29, 1.82) is 0 Å². The van der Waals surface area contributed by atoms with E-state index in [4.69, 9.17) is 0 Å². The van der Waals surface area contributed by atoms with Crippen LogP contribution in [0.2, 0.25) is 0 Å². The molecule has 1 heterocycles. The van der Waals surface area contributed by atoms with Crippen LogP contribution in [0.3, 0.4) is 0 Å². The predicted molar refractivity (Wildman–Crippen MR) is 47.4 cm³/mol.